The van der Waals surface area contributed by atoms with Crippen LogP contribution in [-0.4, -0.2) is 17.9 Å². The lowest BCUT2D eigenvalue weighted by molar-refractivity contribution is -0.117. The van der Waals surface area contributed by atoms with Gasteiger partial charge in [0, 0.05) is 6.92 Å². The van der Waals surface area contributed by atoms with Crippen LogP contribution in [0.2, 0.25) is 0 Å². The number of nitrogens with one attached hydrogen (secondary N) is 3. The van der Waals surface area contributed by atoms with E-state index in [0.29, 0.717) is 5.56 Å². The monoisotopic (exact) mass is 250 g/mol. The molecule has 6 nitrogen and oxygen atoms in total. The molecule has 1 aliphatic rings. The van der Waals surface area contributed by atoms with E-state index in [4.69, 9.17) is 0 Å². The molecule has 3 amide bonds. The maximum atomic E-state index is 12.8. The highest BCUT2D eigenvalue weighted by molar-refractivity contribution is 6.04. The van der Waals surface area contributed by atoms with Gasteiger partial charge in [-0.2, -0.15) is 0 Å². The quantitative estimate of drug-likeness (QED) is 0.683. The summed E-state index contributed by atoms with van der Waals surface area (Å²) in [7, 11) is 0. The molecule has 0 aromatic heterocycles. The second-order valence-corrected chi connectivity index (χ2v) is 3.71. The molecule has 1 unspecified atom stereocenters. The number of nitrogens with zero attached hydrogens (tertiary/aromatic N) is 1. The summed E-state index contributed by atoms with van der Waals surface area (Å²) in [6.45, 7) is 1.31. The van der Waals surface area contributed by atoms with Gasteiger partial charge in [-0.3, -0.25) is 15.4 Å². The molecule has 3 N–H and O–H groups in total. The highest BCUT2D eigenvalue weighted by atomic mass is 19.1. The average Bonchev–Trinajstić information content (AvgIpc) is 2.28. The van der Waals surface area contributed by atoms with E-state index in [1.807, 2.05) is 0 Å². The smallest absolute Gasteiger partial charge is 0.312 e. The summed E-state index contributed by atoms with van der Waals surface area (Å²) in [5.74, 6) is -0.639. The Morgan fingerprint density at radius 2 is 2.06 bits per heavy atom. The van der Waals surface area contributed by atoms with Gasteiger partial charge in [-0.05, 0) is 17.7 Å². The predicted octanol–water partition coefficient (Wildman–Crippen LogP) is 0.629. The highest BCUT2D eigenvalue weighted by Crippen LogP contribution is 2.16. The van der Waals surface area contributed by atoms with E-state index in [9.17, 15) is 14.0 Å². The van der Waals surface area contributed by atoms with Crippen LogP contribution in [0.15, 0.2) is 29.3 Å². The molecule has 0 fully saturated rings. The Kier molecular flexibility index (Phi) is 3.22. The number of carbonyl (C=O) groups is 2. The van der Waals surface area contributed by atoms with E-state index in [1.54, 1.807) is 0 Å². The third-order valence-electron chi connectivity index (χ3n) is 2.24. The average molecular weight is 250 g/mol. The molecule has 0 spiro atoms. The zero-order valence-corrected chi connectivity index (χ0v) is 9.53. The summed E-state index contributed by atoms with van der Waals surface area (Å²) in [6, 6.07) is 5.10. The van der Waals surface area contributed by atoms with Gasteiger partial charge in [0.25, 0.3) is 0 Å². The summed E-state index contributed by atoms with van der Waals surface area (Å²) < 4.78 is 12.8. The lowest BCUT2D eigenvalue weighted by atomic mass is 10.1. The molecule has 7 heteroatoms. The molecule has 1 atom stereocenters. The van der Waals surface area contributed by atoms with E-state index in [0.717, 1.165) is 0 Å². The Bertz CT molecular complexity index is 512. The Labute approximate surface area is 102 Å². The molecule has 1 aromatic carbocycles. The molecular formula is C11H11FN4O2. The summed E-state index contributed by atoms with van der Waals surface area (Å²) in [5, 5.41) is 7.29. The van der Waals surface area contributed by atoms with Crippen LogP contribution < -0.4 is 16.0 Å². The van der Waals surface area contributed by atoms with Crippen LogP contribution >= 0.6 is 0 Å². The van der Waals surface area contributed by atoms with E-state index >= 15 is 0 Å². The largest absolute Gasteiger partial charge is 0.323 e. The minimum absolute atomic E-state index is 0.0700. The fourth-order valence-electron chi connectivity index (χ4n) is 1.49. The molecular weight excluding hydrogens is 239 g/mol. The van der Waals surface area contributed by atoms with Crippen LogP contribution in [0.25, 0.3) is 0 Å². The van der Waals surface area contributed by atoms with Crippen LogP contribution in [0.1, 0.15) is 18.7 Å². The topological polar surface area (TPSA) is 82.6 Å². The molecule has 18 heavy (non-hydrogen) atoms. The molecule has 0 bridgehead atoms. The first kappa shape index (κ1) is 12.0. The second kappa shape index (κ2) is 4.82. The van der Waals surface area contributed by atoms with E-state index in [2.05, 4.69) is 20.9 Å². The molecule has 2 rings (SSSR count). The van der Waals surface area contributed by atoms with Gasteiger partial charge in [-0.25, -0.2) is 14.2 Å². The Hall–Kier alpha value is -2.44. The van der Waals surface area contributed by atoms with Gasteiger partial charge in [0.2, 0.25) is 11.9 Å². The van der Waals surface area contributed by atoms with Crippen molar-refractivity contribution in [3.63, 3.8) is 0 Å². The Balaban J connectivity index is 2.24. The number of halogens is 1. The summed E-state index contributed by atoms with van der Waals surface area (Å²) in [4.78, 5) is 26.4. The molecule has 0 saturated heterocycles. The van der Waals surface area contributed by atoms with Gasteiger partial charge >= 0.3 is 6.03 Å². The highest BCUT2D eigenvalue weighted by Gasteiger charge is 2.21. The molecule has 1 heterocycles. The lowest BCUT2D eigenvalue weighted by Gasteiger charge is -2.22. The fourth-order valence-corrected chi connectivity index (χ4v) is 1.49. The van der Waals surface area contributed by atoms with Crippen LogP contribution in [0, 0.1) is 5.82 Å². The molecule has 0 radical (unpaired) electrons. The second-order valence-electron chi connectivity index (χ2n) is 3.71. The molecule has 1 aromatic rings. The van der Waals surface area contributed by atoms with E-state index in [-0.39, 0.29) is 17.7 Å². The number of guanidine groups is 1. The maximum Gasteiger partial charge on any atom is 0.323 e. The number of urea groups is 1. The van der Waals surface area contributed by atoms with Crippen molar-refractivity contribution in [3.8, 4) is 0 Å². The van der Waals surface area contributed by atoms with Crippen LogP contribution in [0.5, 0.6) is 0 Å². The number of aliphatic imine (C=N–C) groups is 1. The number of carbonyl (C=O) groups excluding carboxylic acids is 2. The maximum absolute atomic E-state index is 12.8. The van der Waals surface area contributed by atoms with Crippen molar-refractivity contribution >= 4 is 17.9 Å². The number of hydrogen-bond acceptors (Lipinski definition) is 3. The van der Waals surface area contributed by atoms with Crippen LogP contribution in [-0.2, 0) is 4.79 Å². The van der Waals surface area contributed by atoms with Crippen molar-refractivity contribution in [2.75, 3.05) is 0 Å². The van der Waals surface area contributed by atoms with Crippen molar-refractivity contribution in [2.45, 2.75) is 13.1 Å². The zero-order valence-electron chi connectivity index (χ0n) is 9.53. The van der Waals surface area contributed by atoms with Gasteiger partial charge in [0.15, 0.2) is 6.17 Å². The standard InChI is InChI=1S/C11H11FN4O2/c1-6(17)13-10-14-9(15-11(18)16-10)7-2-4-8(12)5-3-7/h2-5,9H,1H3,(H3,13,14,15,16,17,18). The lowest BCUT2D eigenvalue weighted by Crippen LogP contribution is -2.52. The minimum Gasteiger partial charge on any atom is -0.312 e. The summed E-state index contributed by atoms with van der Waals surface area (Å²) in [5.41, 5.74) is 0.620. The SMILES string of the molecule is CC(=O)NC1=NC(c2ccc(F)cc2)NC(=O)N1. The van der Waals surface area contributed by atoms with Gasteiger partial charge in [-0.15, -0.1) is 0 Å². The van der Waals surface area contributed by atoms with Crippen molar-refractivity contribution in [2.24, 2.45) is 4.99 Å². The van der Waals surface area contributed by atoms with E-state index < -0.39 is 12.2 Å². The number of amides is 3. The first-order chi connectivity index (χ1) is 8.54. The third-order valence-corrected chi connectivity index (χ3v) is 2.24. The number of hydrogen-bond donors (Lipinski definition) is 3. The van der Waals surface area contributed by atoms with Gasteiger partial charge in [0.05, 0.1) is 0 Å². The first-order valence-corrected chi connectivity index (χ1v) is 5.23. The first-order valence-electron chi connectivity index (χ1n) is 5.23. The Morgan fingerprint density at radius 3 is 2.67 bits per heavy atom. The van der Waals surface area contributed by atoms with Crippen molar-refractivity contribution in [1.82, 2.24) is 16.0 Å². The predicted molar refractivity (Wildman–Crippen MR) is 62.1 cm³/mol. The van der Waals surface area contributed by atoms with Gasteiger partial charge in [0.1, 0.15) is 5.82 Å². The molecule has 1 aliphatic heterocycles. The minimum atomic E-state index is -0.652. The van der Waals surface area contributed by atoms with Crippen molar-refractivity contribution in [1.29, 1.82) is 0 Å². The normalized spacial score (nSPS) is 18.4. The Morgan fingerprint density at radius 1 is 1.39 bits per heavy atom. The van der Waals surface area contributed by atoms with Gasteiger partial charge in [-0.1, -0.05) is 12.1 Å². The van der Waals surface area contributed by atoms with E-state index in [1.165, 1.54) is 31.2 Å². The number of benzene rings is 1. The molecule has 94 valence electrons. The van der Waals surface area contributed by atoms with Crippen molar-refractivity contribution < 1.29 is 14.0 Å². The van der Waals surface area contributed by atoms with Crippen LogP contribution in [0.4, 0.5) is 9.18 Å². The zero-order chi connectivity index (χ0) is 13.1. The third kappa shape index (κ3) is 2.82. The number of rotatable bonds is 1. The summed E-state index contributed by atoms with van der Waals surface area (Å²) >= 11 is 0. The van der Waals surface area contributed by atoms with Crippen LogP contribution in [0.3, 0.4) is 0 Å². The molecule has 0 saturated carbocycles. The van der Waals surface area contributed by atoms with Gasteiger partial charge < -0.3 is 5.32 Å². The van der Waals surface area contributed by atoms with Crippen molar-refractivity contribution in [3.05, 3.63) is 35.6 Å². The summed E-state index contributed by atoms with van der Waals surface area (Å²) in [6.07, 6.45) is -0.652. The fraction of sp³-hybridized carbons (Fsp3) is 0.182. The molecule has 0 aliphatic carbocycles.